The average molecular weight is 270 g/mol. The molecule has 0 aliphatic carbocycles. The van der Waals surface area contributed by atoms with Gasteiger partial charge in [-0.15, -0.1) is 0 Å². The van der Waals surface area contributed by atoms with Crippen LogP contribution in [0.25, 0.3) is 0 Å². The van der Waals surface area contributed by atoms with E-state index in [2.05, 4.69) is 10.6 Å². The lowest BCUT2D eigenvalue weighted by molar-refractivity contribution is -0.155. The van der Waals surface area contributed by atoms with Gasteiger partial charge in [-0.1, -0.05) is 12.1 Å². The standard InChI is InChI=1S/C12H15FN2O4/c1-12(19,10(16)17)7-15-11(18)14-6-8-2-4-9(13)5-3-8/h2-5,19H,6-7H2,1H3,(H,16,17)(H2,14,15,18). The summed E-state index contributed by atoms with van der Waals surface area (Å²) in [4.78, 5) is 21.9. The van der Waals surface area contributed by atoms with Gasteiger partial charge in [-0.3, -0.25) is 0 Å². The summed E-state index contributed by atoms with van der Waals surface area (Å²) < 4.78 is 12.6. The van der Waals surface area contributed by atoms with Gasteiger partial charge in [-0.25, -0.2) is 14.0 Å². The molecular weight excluding hydrogens is 255 g/mol. The highest BCUT2D eigenvalue weighted by Gasteiger charge is 2.30. The van der Waals surface area contributed by atoms with Crippen LogP contribution >= 0.6 is 0 Å². The van der Waals surface area contributed by atoms with E-state index in [9.17, 15) is 19.1 Å². The normalized spacial score (nSPS) is 13.4. The lowest BCUT2D eigenvalue weighted by Crippen LogP contribution is -2.48. The molecule has 1 aromatic rings. The summed E-state index contributed by atoms with van der Waals surface area (Å²) in [6.45, 7) is 0.828. The molecule has 19 heavy (non-hydrogen) atoms. The highest BCUT2D eigenvalue weighted by atomic mass is 19.1. The number of carbonyl (C=O) groups is 2. The van der Waals surface area contributed by atoms with Crippen LogP contribution in [0.5, 0.6) is 0 Å². The van der Waals surface area contributed by atoms with E-state index in [1.807, 2.05) is 0 Å². The van der Waals surface area contributed by atoms with Crippen molar-refractivity contribution in [2.75, 3.05) is 6.54 Å². The Balaban J connectivity index is 2.36. The van der Waals surface area contributed by atoms with Gasteiger partial charge in [0, 0.05) is 6.54 Å². The summed E-state index contributed by atoms with van der Waals surface area (Å²) in [6.07, 6.45) is 0. The third-order valence-electron chi connectivity index (χ3n) is 2.42. The van der Waals surface area contributed by atoms with Crippen molar-refractivity contribution < 1.29 is 24.2 Å². The van der Waals surface area contributed by atoms with Crippen LogP contribution in [0.2, 0.25) is 0 Å². The van der Waals surface area contributed by atoms with Crippen LogP contribution in [0, 0.1) is 5.82 Å². The lowest BCUT2D eigenvalue weighted by Gasteiger charge is -2.18. The number of rotatable bonds is 5. The number of halogens is 1. The van der Waals surface area contributed by atoms with E-state index in [1.54, 1.807) is 0 Å². The van der Waals surface area contributed by atoms with Crippen molar-refractivity contribution in [3.8, 4) is 0 Å². The molecule has 0 heterocycles. The first-order chi connectivity index (χ1) is 8.81. The molecule has 0 fully saturated rings. The van der Waals surface area contributed by atoms with E-state index in [0.29, 0.717) is 5.56 Å². The summed E-state index contributed by atoms with van der Waals surface area (Å²) in [6, 6.07) is 4.95. The van der Waals surface area contributed by atoms with Crippen molar-refractivity contribution in [2.24, 2.45) is 0 Å². The molecular formula is C12H15FN2O4. The number of nitrogens with one attached hydrogen (secondary N) is 2. The van der Waals surface area contributed by atoms with Crippen LogP contribution in [0.3, 0.4) is 0 Å². The molecule has 2 amide bonds. The highest BCUT2D eigenvalue weighted by Crippen LogP contribution is 2.02. The van der Waals surface area contributed by atoms with E-state index < -0.39 is 24.1 Å². The quantitative estimate of drug-likeness (QED) is 0.624. The largest absolute Gasteiger partial charge is 0.479 e. The van der Waals surface area contributed by atoms with E-state index >= 15 is 0 Å². The fourth-order valence-electron chi connectivity index (χ4n) is 1.18. The fourth-order valence-corrected chi connectivity index (χ4v) is 1.18. The lowest BCUT2D eigenvalue weighted by atomic mass is 10.1. The van der Waals surface area contributed by atoms with Crippen molar-refractivity contribution in [1.29, 1.82) is 0 Å². The third-order valence-corrected chi connectivity index (χ3v) is 2.42. The zero-order chi connectivity index (χ0) is 14.5. The molecule has 0 aliphatic rings. The number of aliphatic carboxylic acids is 1. The number of urea groups is 1. The van der Waals surface area contributed by atoms with Gasteiger partial charge >= 0.3 is 12.0 Å². The second-order valence-electron chi connectivity index (χ2n) is 4.24. The molecule has 0 aliphatic heterocycles. The average Bonchev–Trinajstić information content (AvgIpc) is 2.35. The maximum absolute atomic E-state index is 12.6. The Hall–Kier alpha value is -2.15. The summed E-state index contributed by atoms with van der Waals surface area (Å²) in [7, 11) is 0. The van der Waals surface area contributed by atoms with Crippen LogP contribution in [-0.2, 0) is 11.3 Å². The van der Waals surface area contributed by atoms with Crippen molar-refractivity contribution in [3.05, 3.63) is 35.6 Å². The van der Waals surface area contributed by atoms with Crippen LogP contribution in [-0.4, -0.2) is 34.4 Å². The van der Waals surface area contributed by atoms with Gasteiger partial charge < -0.3 is 20.8 Å². The maximum Gasteiger partial charge on any atom is 0.337 e. The monoisotopic (exact) mass is 270 g/mol. The Morgan fingerprint density at radius 2 is 1.84 bits per heavy atom. The van der Waals surface area contributed by atoms with Crippen LogP contribution < -0.4 is 10.6 Å². The Labute approximate surface area is 109 Å². The minimum absolute atomic E-state index is 0.168. The molecule has 1 aromatic carbocycles. The molecule has 1 rings (SSSR count). The zero-order valence-electron chi connectivity index (χ0n) is 10.3. The summed E-state index contributed by atoms with van der Waals surface area (Å²) in [5.74, 6) is -1.79. The van der Waals surface area contributed by atoms with Crippen molar-refractivity contribution in [2.45, 2.75) is 19.1 Å². The number of hydrogen-bond acceptors (Lipinski definition) is 3. The summed E-state index contributed by atoms with van der Waals surface area (Å²) >= 11 is 0. The van der Waals surface area contributed by atoms with E-state index in [0.717, 1.165) is 6.92 Å². The second-order valence-corrected chi connectivity index (χ2v) is 4.24. The highest BCUT2D eigenvalue weighted by molar-refractivity contribution is 5.79. The molecule has 7 heteroatoms. The number of hydrogen-bond donors (Lipinski definition) is 4. The summed E-state index contributed by atoms with van der Waals surface area (Å²) in [5.41, 5.74) is -1.32. The molecule has 104 valence electrons. The molecule has 0 spiro atoms. The predicted molar refractivity (Wildman–Crippen MR) is 64.9 cm³/mol. The molecule has 0 aromatic heterocycles. The number of amides is 2. The fraction of sp³-hybridized carbons (Fsp3) is 0.333. The molecule has 1 unspecified atom stereocenters. The number of benzene rings is 1. The predicted octanol–water partition coefficient (Wildman–Crippen LogP) is 0.460. The van der Waals surface area contributed by atoms with Crippen molar-refractivity contribution in [3.63, 3.8) is 0 Å². The van der Waals surface area contributed by atoms with Gasteiger partial charge in [0.2, 0.25) is 0 Å². The first-order valence-electron chi connectivity index (χ1n) is 5.53. The Morgan fingerprint density at radius 3 is 2.37 bits per heavy atom. The molecule has 0 radical (unpaired) electrons. The molecule has 0 saturated carbocycles. The first kappa shape index (κ1) is 14.9. The third kappa shape index (κ3) is 4.92. The Morgan fingerprint density at radius 1 is 1.26 bits per heavy atom. The van der Waals surface area contributed by atoms with Gasteiger partial charge in [0.1, 0.15) is 5.82 Å². The topological polar surface area (TPSA) is 98.7 Å². The van der Waals surface area contributed by atoms with Gasteiger partial charge in [0.25, 0.3) is 0 Å². The van der Waals surface area contributed by atoms with Crippen molar-refractivity contribution in [1.82, 2.24) is 10.6 Å². The molecule has 1 atom stereocenters. The number of carboxylic acid groups (broad SMARTS) is 1. The zero-order valence-corrected chi connectivity index (χ0v) is 10.3. The molecule has 6 nitrogen and oxygen atoms in total. The van der Waals surface area contributed by atoms with Crippen molar-refractivity contribution >= 4 is 12.0 Å². The minimum Gasteiger partial charge on any atom is -0.479 e. The summed E-state index contributed by atoms with van der Waals surface area (Å²) in [5, 5.41) is 22.7. The van der Waals surface area contributed by atoms with Gasteiger partial charge in [-0.2, -0.15) is 0 Å². The van der Waals surface area contributed by atoms with E-state index in [-0.39, 0.29) is 12.4 Å². The number of carboxylic acids is 1. The van der Waals surface area contributed by atoms with Crippen LogP contribution in [0.15, 0.2) is 24.3 Å². The van der Waals surface area contributed by atoms with Crippen LogP contribution in [0.4, 0.5) is 9.18 Å². The van der Waals surface area contributed by atoms with Gasteiger partial charge in [-0.05, 0) is 24.6 Å². The number of aliphatic hydroxyl groups is 1. The molecule has 4 N–H and O–H groups in total. The van der Waals surface area contributed by atoms with E-state index in [1.165, 1.54) is 24.3 Å². The van der Waals surface area contributed by atoms with Crippen LogP contribution in [0.1, 0.15) is 12.5 Å². The van der Waals surface area contributed by atoms with Gasteiger partial charge in [0.15, 0.2) is 5.60 Å². The van der Waals surface area contributed by atoms with Gasteiger partial charge in [0.05, 0.1) is 6.54 Å². The molecule has 0 bridgehead atoms. The smallest absolute Gasteiger partial charge is 0.337 e. The second kappa shape index (κ2) is 6.14. The minimum atomic E-state index is -2.02. The molecule has 0 saturated heterocycles. The SMILES string of the molecule is CC(O)(CNC(=O)NCc1ccc(F)cc1)C(=O)O. The Bertz CT molecular complexity index is 459. The Kier molecular flexibility index (Phi) is 4.82. The number of carbonyl (C=O) groups excluding carboxylic acids is 1. The van der Waals surface area contributed by atoms with E-state index in [4.69, 9.17) is 5.11 Å². The maximum atomic E-state index is 12.6. The first-order valence-corrected chi connectivity index (χ1v) is 5.53.